The maximum absolute atomic E-state index is 13.7. The monoisotopic (exact) mass is 297 g/mol. The molecule has 1 aromatic rings. The van der Waals surface area contributed by atoms with Crippen molar-refractivity contribution in [2.75, 3.05) is 26.8 Å². The zero-order valence-electron chi connectivity index (χ0n) is 12.3. The zero-order chi connectivity index (χ0) is 14.9. The smallest absolute Gasteiger partial charge is 0.127 e. The van der Waals surface area contributed by atoms with Gasteiger partial charge < -0.3 is 9.47 Å². The average molecular weight is 297 g/mol. The minimum Gasteiger partial charge on any atom is -0.377 e. The van der Waals surface area contributed by atoms with E-state index in [-0.39, 0.29) is 17.5 Å². The van der Waals surface area contributed by atoms with E-state index in [9.17, 15) is 8.78 Å². The van der Waals surface area contributed by atoms with Crippen molar-refractivity contribution in [3.63, 3.8) is 0 Å². The highest BCUT2D eigenvalue weighted by molar-refractivity contribution is 5.19. The van der Waals surface area contributed by atoms with Crippen molar-refractivity contribution in [3.05, 3.63) is 35.4 Å². The van der Waals surface area contributed by atoms with Crippen LogP contribution in [0.5, 0.6) is 0 Å². The summed E-state index contributed by atoms with van der Waals surface area (Å²) in [5.41, 5.74) is 0.222. The van der Waals surface area contributed by atoms with Crippen molar-refractivity contribution < 1.29 is 18.3 Å². The zero-order valence-corrected chi connectivity index (χ0v) is 12.3. The van der Waals surface area contributed by atoms with Gasteiger partial charge in [-0.15, -0.1) is 0 Å². The van der Waals surface area contributed by atoms with Crippen LogP contribution in [0.3, 0.4) is 0 Å². The molecule has 5 heteroatoms. The molecule has 3 nitrogen and oxygen atoms in total. The van der Waals surface area contributed by atoms with Gasteiger partial charge in [0.2, 0.25) is 0 Å². The van der Waals surface area contributed by atoms with Gasteiger partial charge in [0.15, 0.2) is 0 Å². The molecule has 2 heterocycles. The van der Waals surface area contributed by atoms with Crippen LogP contribution in [0.4, 0.5) is 8.78 Å². The summed E-state index contributed by atoms with van der Waals surface area (Å²) in [6.07, 6.45) is 2.96. The predicted octanol–water partition coefficient (Wildman–Crippen LogP) is 2.73. The average Bonchev–Trinajstić information content (AvgIpc) is 2.94. The fourth-order valence-corrected chi connectivity index (χ4v) is 3.51. The van der Waals surface area contributed by atoms with Crippen molar-refractivity contribution >= 4 is 0 Å². The first-order valence-electron chi connectivity index (χ1n) is 7.46. The lowest BCUT2D eigenvalue weighted by Gasteiger charge is -2.44. The molecule has 2 atom stereocenters. The molecule has 0 unspecified atom stereocenters. The van der Waals surface area contributed by atoms with E-state index in [0.717, 1.165) is 38.5 Å². The van der Waals surface area contributed by atoms with E-state index < -0.39 is 5.82 Å². The highest BCUT2D eigenvalue weighted by atomic mass is 19.1. The van der Waals surface area contributed by atoms with Crippen LogP contribution in [0, 0.1) is 11.6 Å². The second-order valence-corrected chi connectivity index (χ2v) is 5.96. The highest BCUT2D eigenvalue weighted by Crippen LogP contribution is 2.37. The first-order valence-corrected chi connectivity index (χ1v) is 7.46. The van der Waals surface area contributed by atoms with Crippen LogP contribution < -0.4 is 0 Å². The van der Waals surface area contributed by atoms with Gasteiger partial charge in [-0.05, 0) is 37.5 Å². The summed E-state index contributed by atoms with van der Waals surface area (Å²) in [5, 5.41) is 0. The topological polar surface area (TPSA) is 21.7 Å². The quantitative estimate of drug-likeness (QED) is 0.856. The summed E-state index contributed by atoms with van der Waals surface area (Å²) < 4.78 is 38.6. The maximum Gasteiger partial charge on any atom is 0.127 e. The van der Waals surface area contributed by atoms with Crippen molar-refractivity contribution in [1.82, 2.24) is 4.90 Å². The Labute approximate surface area is 123 Å². The van der Waals surface area contributed by atoms with Gasteiger partial charge >= 0.3 is 0 Å². The summed E-state index contributed by atoms with van der Waals surface area (Å²) in [4.78, 5) is 2.11. The molecular weight excluding hydrogens is 276 g/mol. The molecule has 2 aliphatic heterocycles. The Morgan fingerprint density at radius 3 is 2.95 bits per heavy atom. The SMILES string of the molecule is CO[C@H]1CN(Cc2cc(F)ccc2F)CC[C@@]12CCCO2. The summed E-state index contributed by atoms with van der Waals surface area (Å²) in [5.74, 6) is -0.759. The van der Waals surface area contributed by atoms with Gasteiger partial charge in [0.05, 0.1) is 11.7 Å². The molecule has 3 rings (SSSR count). The van der Waals surface area contributed by atoms with E-state index in [4.69, 9.17) is 9.47 Å². The Morgan fingerprint density at radius 1 is 1.38 bits per heavy atom. The number of likely N-dealkylation sites (tertiary alicyclic amines) is 1. The number of benzene rings is 1. The fourth-order valence-electron chi connectivity index (χ4n) is 3.51. The standard InChI is InChI=1S/C16H21F2NO2/c1-20-15-11-19(7-6-16(15)5-2-8-21-16)10-12-9-13(17)3-4-14(12)18/h3-4,9,15H,2,5-8,10-11H2,1H3/t15-,16-/m0/s1. The Hall–Kier alpha value is -1.04. The lowest BCUT2D eigenvalue weighted by atomic mass is 9.85. The van der Waals surface area contributed by atoms with Crippen LogP contribution in [-0.2, 0) is 16.0 Å². The molecular formula is C16H21F2NO2. The highest BCUT2D eigenvalue weighted by Gasteiger charge is 2.46. The van der Waals surface area contributed by atoms with Gasteiger partial charge in [0.25, 0.3) is 0 Å². The van der Waals surface area contributed by atoms with Crippen molar-refractivity contribution in [2.24, 2.45) is 0 Å². The molecule has 21 heavy (non-hydrogen) atoms. The molecule has 2 saturated heterocycles. The lowest BCUT2D eigenvalue weighted by Crippen LogP contribution is -2.55. The maximum atomic E-state index is 13.7. The van der Waals surface area contributed by atoms with Crippen LogP contribution in [-0.4, -0.2) is 43.4 Å². The van der Waals surface area contributed by atoms with E-state index in [1.807, 2.05) is 0 Å². The third kappa shape index (κ3) is 2.96. The molecule has 1 spiro atoms. The molecule has 0 saturated carbocycles. The van der Waals surface area contributed by atoms with Crippen LogP contribution in [0.15, 0.2) is 18.2 Å². The summed E-state index contributed by atoms with van der Waals surface area (Å²) in [6.45, 7) is 2.69. The Kier molecular flexibility index (Phi) is 4.24. The molecule has 0 amide bonds. The number of halogens is 2. The third-order valence-corrected chi connectivity index (χ3v) is 4.68. The molecule has 1 aromatic carbocycles. The third-order valence-electron chi connectivity index (χ3n) is 4.68. The minimum atomic E-state index is -0.401. The van der Waals surface area contributed by atoms with Crippen LogP contribution in [0.25, 0.3) is 0 Å². The van der Waals surface area contributed by atoms with Crippen LogP contribution in [0.1, 0.15) is 24.8 Å². The fraction of sp³-hybridized carbons (Fsp3) is 0.625. The van der Waals surface area contributed by atoms with E-state index in [1.54, 1.807) is 7.11 Å². The van der Waals surface area contributed by atoms with Gasteiger partial charge in [-0.3, -0.25) is 4.90 Å². The molecule has 0 bridgehead atoms. The van der Waals surface area contributed by atoms with Gasteiger partial charge in [0, 0.05) is 38.9 Å². The molecule has 2 fully saturated rings. The first kappa shape index (κ1) is 14.9. The first-order chi connectivity index (χ1) is 10.1. The number of hydrogen-bond acceptors (Lipinski definition) is 3. The van der Waals surface area contributed by atoms with Crippen molar-refractivity contribution in [2.45, 2.75) is 37.5 Å². The van der Waals surface area contributed by atoms with E-state index in [0.29, 0.717) is 18.7 Å². The van der Waals surface area contributed by atoms with Crippen LogP contribution in [0.2, 0.25) is 0 Å². The van der Waals surface area contributed by atoms with Gasteiger partial charge in [-0.1, -0.05) is 0 Å². The Balaban J connectivity index is 1.69. The molecule has 0 radical (unpaired) electrons. The Bertz CT molecular complexity index is 503. The lowest BCUT2D eigenvalue weighted by molar-refractivity contribution is -0.143. The molecule has 0 N–H and O–H groups in total. The molecule has 2 aliphatic rings. The summed E-state index contributed by atoms with van der Waals surface area (Å²) in [6, 6.07) is 3.60. The summed E-state index contributed by atoms with van der Waals surface area (Å²) in [7, 11) is 1.69. The van der Waals surface area contributed by atoms with Gasteiger partial charge in [-0.25, -0.2) is 8.78 Å². The number of nitrogens with zero attached hydrogens (tertiary/aromatic N) is 1. The molecule has 116 valence electrons. The van der Waals surface area contributed by atoms with E-state index in [1.165, 1.54) is 12.1 Å². The second-order valence-electron chi connectivity index (χ2n) is 5.96. The molecule has 0 aromatic heterocycles. The van der Waals surface area contributed by atoms with Crippen molar-refractivity contribution in [3.8, 4) is 0 Å². The van der Waals surface area contributed by atoms with Crippen molar-refractivity contribution in [1.29, 1.82) is 0 Å². The minimum absolute atomic E-state index is 0.00892. The van der Waals surface area contributed by atoms with Crippen LogP contribution >= 0.6 is 0 Å². The molecule has 0 aliphatic carbocycles. The summed E-state index contributed by atoms with van der Waals surface area (Å²) >= 11 is 0. The van der Waals surface area contributed by atoms with E-state index >= 15 is 0 Å². The second kappa shape index (κ2) is 5.99. The number of hydrogen-bond donors (Lipinski definition) is 0. The van der Waals surface area contributed by atoms with E-state index in [2.05, 4.69) is 4.90 Å². The number of piperidine rings is 1. The van der Waals surface area contributed by atoms with Gasteiger partial charge in [-0.2, -0.15) is 0 Å². The number of ether oxygens (including phenoxy) is 2. The van der Waals surface area contributed by atoms with Gasteiger partial charge in [0.1, 0.15) is 11.6 Å². The largest absolute Gasteiger partial charge is 0.377 e. The number of rotatable bonds is 3. The number of methoxy groups -OCH3 is 1. The predicted molar refractivity (Wildman–Crippen MR) is 75.0 cm³/mol. The normalized spacial score (nSPS) is 30.1. The Morgan fingerprint density at radius 2 is 2.24 bits per heavy atom.